The van der Waals surface area contributed by atoms with E-state index in [1.807, 2.05) is 0 Å². The number of hydrogen-bond donors (Lipinski definition) is 13. The van der Waals surface area contributed by atoms with Gasteiger partial charge in [0.15, 0.2) is 12.6 Å². The molecule has 0 aliphatic carbocycles. The van der Waals surface area contributed by atoms with Gasteiger partial charge >= 0.3 is 0 Å². The second kappa shape index (κ2) is 18.2. The number of benzene rings is 1. The Bertz CT molecular complexity index is 1240. The molecule has 278 valence electrons. The number of carbonyl (C=O) groups excluding carboxylic acids is 3. The predicted molar refractivity (Wildman–Crippen MR) is 163 cm³/mol. The highest BCUT2D eigenvalue weighted by Crippen LogP contribution is 2.31. The summed E-state index contributed by atoms with van der Waals surface area (Å²) in [7, 11) is 0. The molecule has 14 N–H and O–H groups in total. The van der Waals surface area contributed by atoms with Gasteiger partial charge < -0.3 is 86.6 Å². The van der Waals surface area contributed by atoms with Gasteiger partial charge in [0.1, 0.15) is 67.1 Å². The summed E-state index contributed by atoms with van der Waals surface area (Å²) in [6, 6.07) is 3.20. The third kappa shape index (κ3) is 10.0. The summed E-state index contributed by atoms with van der Waals surface area (Å²) >= 11 is 0. The average Bonchev–Trinajstić information content (AvgIpc) is 3.06. The van der Waals surface area contributed by atoms with Gasteiger partial charge in [-0.3, -0.25) is 14.4 Å². The first-order chi connectivity index (χ1) is 23.1. The number of para-hydroxylation sites is 1. The number of rotatable bonds is 16. The van der Waals surface area contributed by atoms with Crippen LogP contribution in [0.5, 0.6) is 0 Å². The molecule has 0 bridgehead atoms. The number of aliphatic hydroxyl groups is 9. The Balaban J connectivity index is 2.02. The van der Waals surface area contributed by atoms with Gasteiger partial charge in [-0.2, -0.15) is 0 Å². The van der Waals surface area contributed by atoms with Gasteiger partial charge in [0.2, 0.25) is 11.8 Å². The Hall–Kier alpha value is -3.09. The molecule has 20 heteroatoms. The quantitative estimate of drug-likeness (QED) is 0.0760. The second-order valence-corrected chi connectivity index (χ2v) is 11.7. The van der Waals surface area contributed by atoms with E-state index in [2.05, 4.69) is 16.0 Å². The molecule has 2 aliphatic heterocycles. The van der Waals surface area contributed by atoms with Crippen LogP contribution in [0.4, 0.5) is 5.69 Å². The van der Waals surface area contributed by atoms with E-state index >= 15 is 0 Å². The molecule has 1 aromatic carbocycles. The molecule has 2 heterocycles. The largest absolute Gasteiger partial charge is 0.394 e. The smallest absolute Gasteiger partial charge is 0.250 e. The lowest BCUT2D eigenvalue weighted by Gasteiger charge is -2.48. The summed E-state index contributed by atoms with van der Waals surface area (Å²) in [6.45, 7) is -0.762. The van der Waals surface area contributed by atoms with E-state index in [9.17, 15) is 60.3 Å². The summed E-state index contributed by atoms with van der Waals surface area (Å²) in [6.07, 6.45) is -21.2. The highest BCUT2D eigenvalue weighted by Gasteiger charge is 2.53. The fourth-order valence-electron chi connectivity index (χ4n) is 5.55. The lowest BCUT2D eigenvalue weighted by molar-refractivity contribution is -0.350. The third-order valence-electron chi connectivity index (χ3n) is 8.06. The monoisotopic (exact) mass is 706 g/mol. The third-order valence-corrected chi connectivity index (χ3v) is 8.06. The average molecular weight is 707 g/mol. The van der Waals surface area contributed by atoms with Crippen LogP contribution >= 0.6 is 0 Å². The molecule has 14 atom stereocenters. The lowest BCUT2D eigenvalue weighted by Crippen LogP contribution is -2.69. The van der Waals surface area contributed by atoms with Crippen molar-refractivity contribution >= 4 is 23.4 Å². The molecule has 2 aliphatic rings. The van der Waals surface area contributed by atoms with Crippen LogP contribution in [-0.2, 0) is 28.5 Å². The number of nitrogens with one attached hydrogen (secondary N) is 3. The van der Waals surface area contributed by atoms with Crippen molar-refractivity contribution in [3.63, 3.8) is 0 Å². The maximum atomic E-state index is 12.4. The second-order valence-electron chi connectivity index (χ2n) is 11.7. The minimum atomic E-state index is -1.99. The zero-order valence-electron chi connectivity index (χ0n) is 26.7. The van der Waals surface area contributed by atoms with Crippen LogP contribution in [0, 0.1) is 0 Å². The van der Waals surface area contributed by atoms with Gasteiger partial charge in [0.25, 0.3) is 5.91 Å². The highest BCUT2D eigenvalue weighted by molar-refractivity contribution is 5.98. The standard InChI is InChI=1S/C29H46N4O16/c1-11(37)32-15(7-31-14-6-4-3-5-13(14)27(30)45)25(20(40)16(39)8-34)48-28-19(33-12(2)38)26(22(42)18(10-36)46-28)49-29-24(44)23(43)21(41)17(9-35)47-29/h3-6,15-26,28-29,31,34-36,39-44H,7-10H2,1-2H3,(H2,30,45)(H,32,37)(H,33,38)/t15-,16+,17+,18+,19+,20-,21-,22-,23-,24+,25+,26+,28+,29-/m0/s1. The molecule has 0 aromatic heterocycles. The summed E-state index contributed by atoms with van der Waals surface area (Å²) < 4.78 is 23.0. The van der Waals surface area contributed by atoms with E-state index in [1.54, 1.807) is 12.1 Å². The number of primary amides is 1. The Morgan fingerprint density at radius 3 is 2.06 bits per heavy atom. The van der Waals surface area contributed by atoms with Crippen molar-refractivity contribution < 1.29 is 79.3 Å². The van der Waals surface area contributed by atoms with Crippen molar-refractivity contribution in [2.24, 2.45) is 5.73 Å². The Labute approximate surface area is 280 Å². The van der Waals surface area contributed by atoms with Crippen molar-refractivity contribution in [3.05, 3.63) is 29.8 Å². The van der Waals surface area contributed by atoms with Gasteiger partial charge in [0, 0.05) is 26.1 Å². The maximum Gasteiger partial charge on any atom is 0.250 e. The van der Waals surface area contributed by atoms with Crippen molar-refractivity contribution in [2.45, 2.75) is 99.6 Å². The van der Waals surface area contributed by atoms with E-state index in [-0.39, 0.29) is 17.8 Å². The molecule has 3 rings (SSSR count). The summed E-state index contributed by atoms with van der Waals surface area (Å²) in [4.78, 5) is 36.7. The van der Waals surface area contributed by atoms with E-state index in [0.717, 1.165) is 13.8 Å². The molecule has 1 aromatic rings. The van der Waals surface area contributed by atoms with Gasteiger partial charge in [-0.25, -0.2) is 0 Å². The molecule has 0 spiro atoms. The van der Waals surface area contributed by atoms with Gasteiger partial charge in [0.05, 0.1) is 31.4 Å². The van der Waals surface area contributed by atoms with Crippen molar-refractivity contribution in [2.75, 3.05) is 31.7 Å². The van der Waals surface area contributed by atoms with Crippen molar-refractivity contribution in [1.82, 2.24) is 10.6 Å². The minimum absolute atomic E-state index is 0.0757. The zero-order chi connectivity index (χ0) is 36.6. The van der Waals surface area contributed by atoms with E-state index < -0.39 is 123 Å². The molecule has 49 heavy (non-hydrogen) atoms. The molecule has 2 saturated heterocycles. The summed E-state index contributed by atoms with van der Waals surface area (Å²) in [5, 5.41) is 101. The van der Waals surface area contributed by atoms with Crippen LogP contribution in [0.3, 0.4) is 0 Å². The lowest BCUT2D eigenvalue weighted by atomic mass is 9.94. The van der Waals surface area contributed by atoms with Gasteiger partial charge in [-0.05, 0) is 12.1 Å². The molecule has 2 fully saturated rings. The van der Waals surface area contributed by atoms with Crippen LogP contribution in [0.2, 0.25) is 0 Å². The van der Waals surface area contributed by atoms with Crippen LogP contribution in [-0.4, -0.2) is 176 Å². The van der Waals surface area contributed by atoms with Gasteiger partial charge in [-0.1, -0.05) is 12.1 Å². The Morgan fingerprint density at radius 2 is 1.49 bits per heavy atom. The van der Waals surface area contributed by atoms with E-state index in [4.69, 9.17) is 24.7 Å². The number of carbonyl (C=O) groups is 3. The Kier molecular flexibility index (Phi) is 15.0. The molecular formula is C29H46N4O16. The summed E-state index contributed by atoms with van der Waals surface area (Å²) in [5.41, 5.74) is 5.76. The first kappa shape index (κ1) is 40.3. The maximum absolute atomic E-state index is 12.4. The number of nitrogens with two attached hydrogens (primary N) is 1. The molecule has 3 amide bonds. The summed E-state index contributed by atoms with van der Waals surface area (Å²) in [5.74, 6) is -2.17. The minimum Gasteiger partial charge on any atom is -0.394 e. The molecular weight excluding hydrogens is 660 g/mol. The van der Waals surface area contributed by atoms with Crippen LogP contribution < -0.4 is 21.7 Å². The molecule has 20 nitrogen and oxygen atoms in total. The molecule has 0 radical (unpaired) electrons. The highest BCUT2D eigenvalue weighted by atomic mass is 16.7. The Morgan fingerprint density at radius 1 is 0.878 bits per heavy atom. The van der Waals surface area contributed by atoms with Crippen LogP contribution in [0.15, 0.2) is 24.3 Å². The zero-order valence-corrected chi connectivity index (χ0v) is 26.7. The number of anilines is 1. The molecule has 0 saturated carbocycles. The van der Waals surface area contributed by atoms with Gasteiger partial charge in [-0.15, -0.1) is 0 Å². The normalized spacial score (nSPS) is 32.7. The number of aliphatic hydroxyl groups excluding tert-OH is 9. The fraction of sp³-hybridized carbons (Fsp3) is 0.690. The number of amides is 3. The first-order valence-electron chi connectivity index (χ1n) is 15.3. The van der Waals surface area contributed by atoms with Crippen molar-refractivity contribution in [3.8, 4) is 0 Å². The molecule has 0 unspecified atom stereocenters. The fourth-order valence-corrected chi connectivity index (χ4v) is 5.55. The number of ether oxygens (including phenoxy) is 4. The predicted octanol–water partition coefficient (Wildman–Crippen LogP) is -6.43. The van der Waals surface area contributed by atoms with Crippen LogP contribution in [0.1, 0.15) is 24.2 Å². The SMILES string of the molecule is CC(=O)N[C@H]1[C@@H](O[C@@H]([C@@H](O)[C@H](O)CO)[C@H](CNc2ccccc2C(N)=O)NC(C)=O)O[C@H](CO)[C@H](O)[C@@H]1O[C@@H]1O[C@H](CO)[C@H](O)[C@H](O)[C@H]1O. The van der Waals surface area contributed by atoms with E-state index in [1.165, 1.54) is 12.1 Å². The number of hydrogen-bond acceptors (Lipinski definition) is 17. The van der Waals surface area contributed by atoms with E-state index in [0.29, 0.717) is 0 Å². The van der Waals surface area contributed by atoms with Crippen molar-refractivity contribution in [1.29, 1.82) is 0 Å². The van der Waals surface area contributed by atoms with Crippen LogP contribution in [0.25, 0.3) is 0 Å². The topological polar surface area (TPSA) is 332 Å². The first-order valence-corrected chi connectivity index (χ1v) is 15.3.